The Morgan fingerprint density at radius 3 is 2.59 bits per heavy atom. The van der Waals surface area contributed by atoms with E-state index in [0.29, 0.717) is 6.04 Å². The van der Waals surface area contributed by atoms with Crippen LogP contribution >= 0.6 is 0 Å². The van der Waals surface area contributed by atoms with Gasteiger partial charge in [-0.1, -0.05) is 12.1 Å². The van der Waals surface area contributed by atoms with E-state index in [4.69, 9.17) is 9.98 Å². The van der Waals surface area contributed by atoms with E-state index in [1.807, 2.05) is 42.5 Å². The van der Waals surface area contributed by atoms with Gasteiger partial charge in [-0.3, -0.25) is 9.98 Å². The Bertz CT molecular complexity index is 1450. The van der Waals surface area contributed by atoms with Crippen LogP contribution in [-0.4, -0.2) is 20.6 Å². The molecule has 0 bridgehead atoms. The lowest BCUT2D eigenvalue weighted by molar-refractivity contribution is 0.627. The summed E-state index contributed by atoms with van der Waals surface area (Å²) in [4.78, 5) is 14.1. The summed E-state index contributed by atoms with van der Waals surface area (Å²) >= 11 is 0. The second-order valence-electron chi connectivity index (χ2n) is 8.00. The molecule has 1 aliphatic heterocycles. The van der Waals surface area contributed by atoms with Gasteiger partial charge in [0.15, 0.2) is 0 Å². The first kappa shape index (κ1) is 18.7. The largest absolute Gasteiger partial charge is 0.352 e. The van der Waals surface area contributed by atoms with Crippen LogP contribution in [0.15, 0.2) is 90.2 Å². The molecule has 156 valence electrons. The summed E-state index contributed by atoms with van der Waals surface area (Å²) in [6.07, 6.45) is 5.76. The van der Waals surface area contributed by atoms with Gasteiger partial charge in [-0.25, -0.2) is 9.37 Å². The van der Waals surface area contributed by atoms with Gasteiger partial charge in [0.1, 0.15) is 5.82 Å². The lowest BCUT2D eigenvalue weighted by Crippen LogP contribution is -2.15. The highest BCUT2D eigenvalue weighted by Crippen LogP contribution is 2.31. The molecule has 6 heteroatoms. The highest BCUT2D eigenvalue weighted by atomic mass is 19.1. The summed E-state index contributed by atoms with van der Waals surface area (Å²) in [5, 5.41) is 4.34. The van der Waals surface area contributed by atoms with Crippen molar-refractivity contribution >= 4 is 22.4 Å². The zero-order valence-corrected chi connectivity index (χ0v) is 17.2. The van der Waals surface area contributed by atoms with E-state index in [2.05, 4.69) is 20.9 Å². The molecule has 32 heavy (non-hydrogen) atoms. The van der Waals surface area contributed by atoms with Crippen molar-refractivity contribution in [1.29, 1.82) is 0 Å². The van der Waals surface area contributed by atoms with Crippen molar-refractivity contribution in [3.8, 4) is 17.1 Å². The Morgan fingerprint density at radius 2 is 1.81 bits per heavy atom. The van der Waals surface area contributed by atoms with E-state index in [1.54, 1.807) is 24.5 Å². The number of hydrogen-bond donors (Lipinski definition) is 1. The van der Waals surface area contributed by atoms with Crippen molar-refractivity contribution in [3.05, 3.63) is 96.4 Å². The number of aromatic nitrogens is 3. The maximum atomic E-state index is 13.7. The quantitative estimate of drug-likeness (QED) is 0.392. The summed E-state index contributed by atoms with van der Waals surface area (Å²) in [6, 6.07) is 22.9. The Balaban J connectivity index is 1.64. The van der Waals surface area contributed by atoms with Gasteiger partial charge >= 0.3 is 0 Å². The second-order valence-corrected chi connectivity index (χ2v) is 8.00. The zero-order valence-electron chi connectivity index (χ0n) is 17.2. The number of para-hydroxylation sites is 2. The van der Waals surface area contributed by atoms with Crippen LogP contribution in [0.4, 0.5) is 15.8 Å². The topological polar surface area (TPSA) is 55.1 Å². The second kappa shape index (κ2) is 7.57. The van der Waals surface area contributed by atoms with E-state index in [1.165, 1.54) is 12.1 Å². The molecular formula is C26H20FN5. The van der Waals surface area contributed by atoms with Crippen LogP contribution in [0.25, 0.3) is 28.1 Å². The van der Waals surface area contributed by atoms with Gasteiger partial charge in [0.05, 0.1) is 51.4 Å². The fourth-order valence-corrected chi connectivity index (χ4v) is 3.91. The standard InChI is InChI=1S/C26H20FN5/c27-17-7-11-20(12-8-17)32-25-6-2-1-5-21(25)31-24-14-22(30-19-4-3-13-28-16-19)23(15-26(24)32)29-18-9-10-18/h1-8,11-16,18,30H,9-10H2/b29-23+. The number of nitrogens with one attached hydrogen (secondary N) is 1. The molecule has 1 N–H and O–H groups in total. The van der Waals surface area contributed by atoms with Crippen molar-refractivity contribution in [2.24, 2.45) is 4.99 Å². The first-order valence-corrected chi connectivity index (χ1v) is 10.7. The third-order valence-electron chi connectivity index (χ3n) is 5.59. The highest BCUT2D eigenvalue weighted by Gasteiger charge is 2.21. The maximum absolute atomic E-state index is 13.7. The third kappa shape index (κ3) is 3.50. The van der Waals surface area contributed by atoms with Crippen LogP contribution in [-0.2, 0) is 0 Å². The predicted octanol–water partition coefficient (Wildman–Crippen LogP) is 5.47. The maximum Gasteiger partial charge on any atom is 0.123 e. The molecule has 0 amide bonds. The fourth-order valence-electron chi connectivity index (χ4n) is 3.91. The van der Waals surface area contributed by atoms with Gasteiger partial charge in [-0.15, -0.1) is 0 Å². The molecule has 5 nitrogen and oxygen atoms in total. The summed E-state index contributed by atoms with van der Waals surface area (Å²) < 4.78 is 15.8. The van der Waals surface area contributed by atoms with Crippen molar-refractivity contribution in [2.75, 3.05) is 5.32 Å². The van der Waals surface area contributed by atoms with Gasteiger partial charge in [-0.2, -0.15) is 0 Å². The average molecular weight is 421 g/mol. The van der Waals surface area contributed by atoms with Crippen LogP contribution in [0.1, 0.15) is 12.8 Å². The van der Waals surface area contributed by atoms with Crippen molar-refractivity contribution in [2.45, 2.75) is 18.9 Å². The summed E-state index contributed by atoms with van der Waals surface area (Å²) in [7, 11) is 0. The normalized spacial score (nSPS) is 14.2. The Hall–Kier alpha value is -4.06. The molecule has 0 saturated heterocycles. The van der Waals surface area contributed by atoms with Crippen molar-refractivity contribution in [3.63, 3.8) is 0 Å². The number of fused-ring (bicyclic) bond motifs is 2. The van der Waals surface area contributed by atoms with E-state index in [-0.39, 0.29) is 5.82 Å². The lowest BCUT2D eigenvalue weighted by atomic mass is 10.1. The third-order valence-corrected chi connectivity index (χ3v) is 5.59. The van der Waals surface area contributed by atoms with Crippen LogP contribution < -0.4 is 10.7 Å². The lowest BCUT2D eigenvalue weighted by Gasteiger charge is -2.20. The number of pyridine rings is 1. The molecule has 0 radical (unpaired) electrons. The van der Waals surface area contributed by atoms with Crippen molar-refractivity contribution < 1.29 is 4.39 Å². The minimum atomic E-state index is -0.260. The zero-order chi connectivity index (χ0) is 21.5. The number of rotatable bonds is 4. The molecule has 1 saturated carbocycles. The number of benzene rings is 3. The average Bonchev–Trinajstić information content (AvgIpc) is 3.64. The Kier molecular flexibility index (Phi) is 4.42. The van der Waals surface area contributed by atoms with E-state index >= 15 is 0 Å². The molecule has 0 atom stereocenters. The summed E-state index contributed by atoms with van der Waals surface area (Å²) in [6.45, 7) is 0. The van der Waals surface area contributed by atoms with Gasteiger partial charge in [0, 0.05) is 11.9 Å². The summed E-state index contributed by atoms with van der Waals surface area (Å²) in [5.74, 6) is -0.260. The SMILES string of the molecule is Fc1ccc(-n2c3c/c(=N\C4CC4)c(Nc4cccnc4)cc-3nc3ccccc32)cc1. The monoisotopic (exact) mass is 421 g/mol. The molecule has 2 aliphatic carbocycles. The predicted molar refractivity (Wildman–Crippen MR) is 124 cm³/mol. The highest BCUT2D eigenvalue weighted by molar-refractivity contribution is 5.84. The van der Waals surface area contributed by atoms with Crippen LogP contribution in [0.3, 0.4) is 0 Å². The molecule has 0 spiro atoms. The van der Waals surface area contributed by atoms with Crippen LogP contribution in [0, 0.1) is 5.82 Å². The van der Waals surface area contributed by atoms with Gasteiger partial charge < -0.3 is 9.88 Å². The molecule has 6 rings (SSSR count). The van der Waals surface area contributed by atoms with E-state index in [9.17, 15) is 4.39 Å². The molecule has 3 aliphatic rings. The van der Waals surface area contributed by atoms with Crippen molar-refractivity contribution in [1.82, 2.24) is 14.5 Å². The number of nitrogens with zero attached hydrogens (tertiary/aromatic N) is 4. The molecule has 0 unspecified atom stereocenters. The van der Waals surface area contributed by atoms with Gasteiger partial charge in [-0.05, 0) is 73.5 Å². The molecule has 2 heterocycles. The Labute approximate surface area is 184 Å². The first-order valence-electron chi connectivity index (χ1n) is 10.7. The number of hydrogen-bond acceptors (Lipinski definition) is 4. The Morgan fingerprint density at radius 1 is 0.969 bits per heavy atom. The molecular weight excluding hydrogens is 401 g/mol. The fraction of sp³-hybridized carbons (Fsp3) is 0.115. The van der Waals surface area contributed by atoms with Gasteiger partial charge in [0.2, 0.25) is 0 Å². The van der Waals surface area contributed by atoms with Gasteiger partial charge in [0.25, 0.3) is 0 Å². The minimum Gasteiger partial charge on any atom is -0.352 e. The molecule has 1 aromatic heterocycles. The molecule has 2 aromatic carbocycles. The minimum absolute atomic E-state index is 0.260. The van der Waals surface area contributed by atoms with E-state index < -0.39 is 0 Å². The van der Waals surface area contributed by atoms with Crippen LogP contribution in [0.2, 0.25) is 0 Å². The number of anilines is 2. The molecule has 1 fully saturated rings. The first-order chi connectivity index (χ1) is 15.7. The molecule has 3 aromatic rings. The number of halogens is 1. The smallest absolute Gasteiger partial charge is 0.123 e. The van der Waals surface area contributed by atoms with E-state index in [0.717, 1.165) is 57.7 Å². The summed E-state index contributed by atoms with van der Waals surface area (Å²) in [5.41, 5.74) is 6.23. The van der Waals surface area contributed by atoms with Crippen LogP contribution in [0.5, 0.6) is 0 Å².